The van der Waals surface area contributed by atoms with Crippen molar-refractivity contribution in [2.45, 2.75) is 38.8 Å². The van der Waals surface area contributed by atoms with Gasteiger partial charge in [-0.15, -0.1) is 11.3 Å². The van der Waals surface area contributed by atoms with Crippen LogP contribution in [0.3, 0.4) is 0 Å². The molecule has 1 aliphatic rings. The van der Waals surface area contributed by atoms with Crippen molar-refractivity contribution in [3.05, 3.63) is 16.1 Å². The summed E-state index contributed by atoms with van der Waals surface area (Å²) in [7, 11) is 1.68. The quantitative estimate of drug-likeness (QED) is 0.745. The highest BCUT2D eigenvalue weighted by molar-refractivity contribution is 7.09. The Labute approximate surface area is 130 Å². The Morgan fingerprint density at radius 2 is 2.38 bits per heavy atom. The van der Waals surface area contributed by atoms with Crippen LogP contribution >= 0.6 is 11.3 Å². The first kappa shape index (κ1) is 16.8. The Kier molecular flexibility index (Phi) is 6.13. The van der Waals surface area contributed by atoms with Crippen LogP contribution in [0.4, 0.5) is 0 Å². The van der Waals surface area contributed by atoms with Gasteiger partial charge in [-0.3, -0.25) is 4.90 Å². The molecule has 6 heteroatoms. The highest BCUT2D eigenvalue weighted by atomic mass is 32.1. The molecule has 0 amide bonds. The van der Waals surface area contributed by atoms with Crippen molar-refractivity contribution in [1.82, 2.24) is 9.88 Å². The molecule has 0 aliphatic carbocycles. The molecular formula is C15H26N2O3S. The Morgan fingerprint density at radius 3 is 3.00 bits per heavy atom. The number of hydrogen-bond acceptors (Lipinski definition) is 6. The molecule has 0 spiro atoms. The number of aliphatic hydroxyl groups is 2. The first-order valence-corrected chi connectivity index (χ1v) is 8.38. The molecule has 1 saturated heterocycles. The average Bonchev–Trinajstić information content (AvgIpc) is 2.88. The van der Waals surface area contributed by atoms with Gasteiger partial charge < -0.3 is 14.9 Å². The van der Waals surface area contributed by atoms with E-state index in [1.54, 1.807) is 18.4 Å². The third kappa shape index (κ3) is 4.02. The van der Waals surface area contributed by atoms with Crippen molar-refractivity contribution in [2.75, 3.05) is 33.4 Å². The fourth-order valence-electron chi connectivity index (χ4n) is 3.11. The molecule has 5 nitrogen and oxygen atoms in total. The minimum Gasteiger partial charge on any atom is -0.396 e. The number of aryl methyl sites for hydroxylation is 1. The maximum Gasteiger partial charge on any atom is 0.0798 e. The van der Waals surface area contributed by atoms with Crippen LogP contribution in [0.2, 0.25) is 0 Å². The van der Waals surface area contributed by atoms with E-state index in [2.05, 4.69) is 9.88 Å². The van der Waals surface area contributed by atoms with Crippen LogP contribution in [0, 0.1) is 12.3 Å². The molecule has 1 aliphatic heterocycles. The molecule has 2 rings (SSSR count). The van der Waals surface area contributed by atoms with Gasteiger partial charge in [-0.05, 0) is 26.2 Å². The number of ether oxygens (including phenoxy) is 1. The summed E-state index contributed by atoms with van der Waals surface area (Å²) < 4.78 is 5.10. The van der Waals surface area contributed by atoms with Gasteiger partial charge in [-0.25, -0.2) is 4.98 Å². The van der Waals surface area contributed by atoms with Crippen molar-refractivity contribution < 1.29 is 14.9 Å². The van der Waals surface area contributed by atoms with Gasteiger partial charge in [0.2, 0.25) is 0 Å². The third-order valence-corrected chi connectivity index (χ3v) is 5.43. The Hall–Kier alpha value is -0.530. The number of hydrogen-bond donors (Lipinski definition) is 2. The first-order valence-electron chi connectivity index (χ1n) is 7.50. The maximum absolute atomic E-state index is 10.4. The molecule has 0 radical (unpaired) electrons. The van der Waals surface area contributed by atoms with Crippen molar-refractivity contribution in [2.24, 2.45) is 5.41 Å². The summed E-state index contributed by atoms with van der Waals surface area (Å²) in [5.41, 5.74) is 2.54. The highest BCUT2D eigenvalue weighted by Gasteiger charge is 2.41. The summed E-state index contributed by atoms with van der Waals surface area (Å²) in [6.07, 6.45) is 1.93. The monoisotopic (exact) mass is 314 g/mol. The van der Waals surface area contributed by atoms with Crippen LogP contribution in [-0.2, 0) is 11.3 Å². The number of methoxy groups -OCH3 is 1. The largest absolute Gasteiger partial charge is 0.396 e. The molecule has 2 N–H and O–H groups in total. The summed E-state index contributed by atoms with van der Waals surface area (Å²) in [5, 5.41) is 20.3. The van der Waals surface area contributed by atoms with E-state index in [0.29, 0.717) is 13.0 Å². The lowest BCUT2D eigenvalue weighted by atomic mass is 9.74. The Balaban J connectivity index is 2.01. The topological polar surface area (TPSA) is 65.8 Å². The molecule has 0 unspecified atom stereocenters. The SMILES string of the molecule is COCCC[C@@]1(CO)CN(Cc2scnc2C)CC[C@H]1O. The van der Waals surface area contributed by atoms with Crippen molar-refractivity contribution in [1.29, 1.82) is 0 Å². The van der Waals surface area contributed by atoms with Gasteiger partial charge in [0.05, 0.1) is 23.9 Å². The van der Waals surface area contributed by atoms with E-state index in [1.807, 2.05) is 12.4 Å². The summed E-state index contributed by atoms with van der Waals surface area (Å²) in [5.74, 6) is 0. The second kappa shape index (κ2) is 7.65. The third-order valence-electron chi connectivity index (χ3n) is 4.51. The Morgan fingerprint density at radius 1 is 1.57 bits per heavy atom. The molecule has 0 aromatic carbocycles. The number of aliphatic hydroxyl groups excluding tert-OH is 2. The van der Waals surface area contributed by atoms with Gasteiger partial charge in [0, 0.05) is 43.6 Å². The summed E-state index contributed by atoms with van der Waals surface area (Å²) in [6, 6.07) is 0. The smallest absolute Gasteiger partial charge is 0.0798 e. The van der Waals surface area contributed by atoms with E-state index in [0.717, 1.165) is 38.2 Å². The number of aromatic nitrogens is 1. The minimum absolute atomic E-state index is 0.0239. The number of nitrogens with zero attached hydrogens (tertiary/aromatic N) is 2. The second-order valence-corrected chi connectivity index (χ2v) is 6.93. The molecule has 21 heavy (non-hydrogen) atoms. The highest BCUT2D eigenvalue weighted by Crippen LogP contribution is 2.35. The van der Waals surface area contributed by atoms with Gasteiger partial charge in [0.25, 0.3) is 0 Å². The zero-order valence-corrected chi connectivity index (χ0v) is 13.7. The molecular weight excluding hydrogens is 288 g/mol. The predicted molar refractivity (Wildman–Crippen MR) is 83.4 cm³/mol. The fourth-order valence-corrected chi connectivity index (χ4v) is 3.92. The zero-order chi connectivity index (χ0) is 15.3. The van der Waals surface area contributed by atoms with Gasteiger partial charge >= 0.3 is 0 Å². The van der Waals surface area contributed by atoms with Crippen molar-refractivity contribution >= 4 is 11.3 Å². The molecule has 0 bridgehead atoms. The molecule has 2 heterocycles. The van der Waals surface area contributed by atoms with Crippen LogP contribution in [0.1, 0.15) is 29.8 Å². The molecule has 1 aromatic heterocycles. The number of thiazole rings is 1. The number of rotatable bonds is 7. The number of piperidine rings is 1. The van der Waals surface area contributed by atoms with Gasteiger partial charge in [-0.2, -0.15) is 0 Å². The van der Waals surface area contributed by atoms with E-state index in [9.17, 15) is 10.2 Å². The maximum atomic E-state index is 10.4. The minimum atomic E-state index is -0.432. The lowest BCUT2D eigenvalue weighted by molar-refractivity contribution is -0.0841. The lowest BCUT2D eigenvalue weighted by Gasteiger charge is -2.45. The van der Waals surface area contributed by atoms with Gasteiger partial charge in [0.1, 0.15) is 0 Å². The molecule has 2 atom stereocenters. The van der Waals surface area contributed by atoms with Gasteiger partial charge in [-0.1, -0.05) is 0 Å². The molecule has 120 valence electrons. The second-order valence-electron chi connectivity index (χ2n) is 5.99. The van der Waals surface area contributed by atoms with Crippen molar-refractivity contribution in [3.8, 4) is 0 Å². The predicted octanol–water partition coefficient (Wildman–Crippen LogP) is 1.42. The van der Waals surface area contributed by atoms with E-state index in [1.165, 1.54) is 4.88 Å². The Bertz CT molecular complexity index is 440. The van der Waals surface area contributed by atoms with E-state index >= 15 is 0 Å². The van der Waals surface area contributed by atoms with Gasteiger partial charge in [0.15, 0.2) is 0 Å². The molecule has 1 fully saturated rings. The summed E-state index contributed by atoms with van der Waals surface area (Å²) >= 11 is 1.68. The standard InChI is InChI=1S/C15H26N2O3S/c1-12-13(21-11-16-12)8-17-6-4-14(19)15(9-17,10-18)5-3-7-20-2/h11,14,18-19H,3-10H2,1-2H3/t14-,15+/m1/s1. The van der Waals surface area contributed by atoms with E-state index < -0.39 is 11.5 Å². The van der Waals surface area contributed by atoms with E-state index in [-0.39, 0.29) is 6.61 Å². The van der Waals surface area contributed by atoms with Crippen LogP contribution in [0.15, 0.2) is 5.51 Å². The summed E-state index contributed by atoms with van der Waals surface area (Å²) in [4.78, 5) is 7.89. The molecule has 0 saturated carbocycles. The average molecular weight is 314 g/mol. The van der Waals surface area contributed by atoms with Crippen LogP contribution < -0.4 is 0 Å². The first-order chi connectivity index (χ1) is 10.1. The van der Waals surface area contributed by atoms with Crippen LogP contribution in [0.5, 0.6) is 0 Å². The lowest BCUT2D eigenvalue weighted by Crippen LogP contribution is -2.53. The van der Waals surface area contributed by atoms with Crippen molar-refractivity contribution in [3.63, 3.8) is 0 Å². The fraction of sp³-hybridized carbons (Fsp3) is 0.800. The summed E-state index contributed by atoms with van der Waals surface area (Å²) in [6.45, 7) is 5.17. The number of likely N-dealkylation sites (tertiary alicyclic amines) is 1. The van der Waals surface area contributed by atoms with Crippen LogP contribution in [-0.4, -0.2) is 59.6 Å². The van der Waals surface area contributed by atoms with E-state index in [4.69, 9.17) is 4.74 Å². The zero-order valence-electron chi connectivity index (χ0n) is 12.9. The molecule has 1 aromatic rings. The normalized spacial score (nSPS) is 27.1. The van der Waals surface area contributed by atoms with Crippen LogP contribution in [0.25, 0.3) is 0 Å².